The molecule has 3 heterocycles. The first-order chi connectivity index (χ1) is 16.1. The normalized spacial score (nSPS) is 14.2. The zero-order valence-electron chi connectivity index (χ0n) is 18.8. The van der Waals surface area contributed by atoms with Crippen molar-refractivity contribution in [2.45, 2.75) is 39.2 Å². The molecular weight excluding hydrogens is 422 g/mol. The summed E-state index contributed by atoms with van der Waals surface area (Å²) in [5.41, 5.74) is 2.56. The molecule has 4 rings (SSSR count). The highest BCUT2D eigenvalue weighted by molar-refractivity contribution is 5.84. The molecule has 3 aromatic rings. The van der Waals surface area contributed by atoms with Crippen molar-refractivity contribution in [3.8, 4) is 5.69 Å². The fraction of sp³-hybridized carbons (Fsp3) is 0.417. The predicted octanol–water partition coefficient (Wildman–Crippen LogP) is 3.40. The van der Waals surface area contributed by atoms with Crippen LogP contribution in [0.2, 0.25) is 0 Å². The zero-order valence-corrected chi connectivity index (χ0v) is 18.8. The van der Waals surface area contributed by atoms with Gasteiger partial charge < -0.3 is 9.47 Å². The van der Waals surface area contributed by atoms with Gasteiger partial charge in [-0.2, -0.15) is 10.2 Å². The molecule has 174 valence electrons. The van der Waals surface area contributed by atoms with E-state index in [1.54, 1.807) is 23.1 Å². The van der Waals surface area contributed by atoms with Gasteiger partial charge in [0.15, 0.2) is 0 Å². The van der Waals surface area contributed by atoms with Gasteiger partial charge >= 0.3 is 6.09 Å². The molecule has 9 heteroatoms. The Morgan fingerprint density at radius 3 is 2.94 bits per heavy atom. The average molecular weight is 452 g/mol. The van der Waals surface area contributed by atoms with Gasteiger partial charge in [-0.3, -0.25) is 14.8 Å². The van der Waals surface area contributed by atoms with Crippen LogP contribution in [-0.2, 0) is 22.4 Å². The van der Waals surface area contributed by atoms with Gasteiger partial charge in [-0.25, -0.2) is 9.48 Å². The molecule has 0 bridgehead atoms. The van der Waals surface area contributed by atoms with E-state index in [-0.39, 0.29) is 5.43 Å². The second-order valence-electron chi connectivity index (χ2n) is 8.19. The smallest absolute Gasteiger partial charge is 0.411 e. The molecule has 1 fully saturated rings. The first-order valence-electron chi connectivity index (χ1n) is 11.3. The van der Waals surface area contributed by atoms with Crippen molar-refractivity contribution in [2.75, 3.05) is 25.1 Å². The van der Waals surface area contributed by atoms with Gasteiger partial charge in [0.2, 0.25) is 5.43 Å². The Balaban J connectivity index is 1.45. The third-order valence-electron chi connectivity index (χ3n) is 5.53. The van der Waals surface area contributed by atoms with E-state index in [2.05, 4.69) is 15.5 Å². The lowest BCUT2D eigenvalue weighted by Crippen LogP contribution is -2.20. The monoisotopic (exact) mass is 451 g/mol. The molecule has 1 amide bonds. The highest BCUT2D eigenvalue weighted by Crippen LogP contribution is 2.17. The number of benzene rings is 1. The Hall–Kier alpha value is -3.46. The summed E-state index contributed by atoms with van der Waals surface area (Å²) >= 11 is 0. The molecule has 0 unspecified atom stereocenters. The maximum atomic E-state index is 12.5. The number of carbonyl (C=O) groups excluding carboxylic acids is 1. The Morgan fingerprint density at radius 2 is 2.12 bits per heavy atom. The van der Waals surface area contributed by atoms with Crippen molar-refractivity contribution in [1.29, 1.82) is 0 Å². The van der Waals surface area contributed by atoms with Gasteiger partial charge in [-0.1, -0.05) is 19.1 Å². The largest absolute Gasteiger partial charge is 0.449 e. The maximum absolute atomic E-state index is 12.5. The second-order valence-corrected chi connectivity index (χ2v) is 8.19. The van der Waals surface area contributed by atoms with Gasteiger partial charge in [0.05, 0.1) is 19.0 Å². The molecule has 0 saturated carbocycles. The Morgan fingerprint density at radius 1 is 1.27 bits per heavy atom. The third kappa shape index (κ3) is 6.29. The van der Waals surface area contributed by atoms with E-state index in [1.807, 2.05) is 36.0 Å². The van der Waals surface area contributed by atoms with Crippen molar-refractivity contribution < 1.29 is 14.3 Å². The molecule has 1 aliphatic heterocycles. The molecule has 9 nitrogen and oxygen atoms in total. The molecule has 0 spiro atoms. The van der Waals surface area contributed by atoms with Crippen LogP contribution < -0.4 is 10.7 Å². The summed E-state index contributed by atoms with van der Waals surface area (Å²) in [7, 11) is 0. The fourth-order valence-corrected chi connectivity index (χ4v) is 3.78. The highest BCUT2D eigenvalue weighted by Gasteiger charge is 2.15. The van der Waals surface area contributed by atoms with E-state index in [4.69, 9.17) is 9.47 Å². The minimum absolute atomic E-state index is 0.137. The minimum atomic E-state index is -0.494. The van der Waals surface area contributed by atoms with Crippen molar-refractivity contribution in [1.82, 2.24) is 19.6 Å². The van der Waals surface area contributed by atoms with Crippen LogP contribution in [-0.4, -0.2) is 45.5 Å². The van der Waals surface area contributed by atoms with E-state index in [9.17, 15) is 9.59 Å². The summed E-state index contributed by atoms with van der Waals surface area (Å²) in [6.45, 7) is 4.76. The SMILES string of the molecule is CCCOC(=O)Nc1cccc(Cc2nn(-c3cnn(CC4CCOCC4)c3)ccc2=O)c1. The number of aromatic nitrogens is 4. The van der Waals surface area contributed by atoms with Crippen LogP contribution in [0.25, 0.3) is 5.69 Å². The number of rotatable bonds is 8. The molecule has 1 saturated heterocycles. The molecule has 33 heavy (non-hydrogen) atoms. The Kier molecular flexibility index (Phi) is 7.51. The summed E-state index contributed by atoms with van der Waals surface area (Å²) in [4.78, 5) is 24.3. The molecular formula is C24H29N5O4. The van der Waals surface area contributed by atoms with Crippen LogP contribution >= 0.6 is 0 Å². The number of ether oxygens (including phenoxy) is 2. The van der Waals surface area contributed by atoms with Gasteiger partial charge in [0, 0.05) is 44.1 Å². The van der Waals surface area contributed by atoms with Crippen molar-refractivity contribution in [3.63, 3.8) is 0 Å². The van der Waals surface area contributed by atoms with Crippen LogP contribution in [0.15, 0.2) is 53.7 Å². The van der Waals surface area contributed by atoms with Crippen LogP contribution in [0.3, 0.4) is 0 Å². The molecule has 1 aromatic carbocycles. The minimum Gasteiger partial charge on any atom is -0.449 e. The quantitative estimate of drug-likeness (QED) is 0.563. The molecule has 1 N–H and O–H groups in total. The van der Waals surface area contributed by atoms with Gasteiger partial charge in [0.1, 0.15) is 11.4 Å². The van der Waals surface area contributed by atoms with Crippen LogP contribution in [0.4, 0.5) is 10.5 Å². The van der Waals surface area contributed by atoms with E-state index >= 15 is 0 Å². The lowest BCUT2D eigenvalue weighted by atomic mass is 10.0. The third-order valence-corrected chi connectivity index (χ3v) is 5.53. The van der Waals surface area contributed by atoms with Crippen molar-refractivity contribution in [3.05, 3.63) is 70.4 Å². The van der Waals surface area contributed by atoms with E-state index in [1.165, 1.54) is 6.07 Å². The fourth-order valence-electron chi connectivity index (χ4n) is 3.78. The first-order valence-corrected chi connectivity index (χ1v) is 11.3. The van der Waals surface area contributed by atoms with Crippen molar-refractivity contribution in [2.24, 2.45) is 5.92 Å². The highest BCUT2D eigenvalue weighted by atomic mass is 16.5. The summed E-state index contributed by atoms with van der Waals surface area (Å²) in [6.07, 6.45) is 8.05. The van der Waals surface area contributed by atoms with E-state index in [0.29, 0.717) is 30.3 Å². The summed E-state index contributed by atoms with van der Waals surface area (Å²) in [5.74, 6) is 0.559. The number of anilines is 1. The Bertz CT molecular complexity index is 1130. The van der Waals surface area contributed by atoms with E-state index < -0.39 is 6.09 Å². The second kappa shape index (κ2) is 10.9. The number of amides is 1. The maximum Gasteiger partial charge on any atom is 0.411 e. The predicted molar refractivity (Wildman–Crippen MR) is 124 cm³/mol. The molecule has 0 aliphatic carbocycles. The van der Waals surface area contributed by atoms with Gasteiger partial charge in [-0.05, 0) is 42.9 Å². The number of hydrogen-bond donors (Lipinski definition) is 1. The molecule has 0 atom stereocenters. The average Bonchev–Trinajstić information content (AvgIpc) is 3.28. The van der Waals surface area contributed by atoms with Gasteiger partial charge in [0.25, 0.3) is 0 Å². The Labute approximate surface area is 192 Å². The van der Waals surface area contributed by atoms with Crippen molar-refractivity contribution >= 4 is 11.8 Å². The molecule has 1 aliphatic rings. The number of hydrogen-bond acceptors (Lipinski definition) is 6. The topological polar surface area (TPSA) is 100 Å². The first kappa shape index (κ1) is 22.7. The standard InChI is InChI=1S/C24H29N5O4/c1-2-10-33-24(31)26-20-5-3-4-19(13-20)14-22-23(30)6-9-29(27-22)21-15-25-28(17-21)16-18-7-11-32-12-8-18/h3-6,9,13,15,17-18H,2,7-8,10-12,14,16H2,1H3,(H,26,31). The number of nitrogens with zero attached hydrogens (tertiary/aromatic N) is 4. The number of nitrogens with one attached hydrogen (secondary N) is 1. The van der Waals surface area contributed by atoms with Gasteiger partial charge in [-0.15, -0.1) is 0 Å². The zero-order chi connectivity index (χ0) is 23.0. The summed E-state index contributed by atoms with van der Waals surface area (Å²) in [5, 5.41) is 11.7. The summed E-state index contributed by atoms with van der Waals surface area (Å²) in [6, 6.07) is 8.83. The molecule has 2 aromatic heterocycles. The molecule has 0 radical (unpaired) electrons. The lowest BCUT2D eigenvalue weighted by molar-refractivity contribution is 0.0601. The summed E-state index contributed by atoms with van der Waals surface area (Å²) < 4.78 is 14.1. The number of carbonyl (C=O) groups is 1. The van der Waals surface area contributed by atoms with Crippen LogP contribution in [0, 0.1) is 5.92 Å². The van der Waals surface area contributed by atoms with Crippen LogP contribution in [0.1, 0.15) is 37.4 Å². The lowest BCUT2D eigenvalue weighted by Gasteiger charge is -2.21. The van der Waals surface area contributed by atoms with E-state index in [0.717, 1.165) is 50.3 Å². The van der Waals surface area contributed by atoms with Crippen LogP contribution in [0.5, 0.6) is 0 Å².